The molecule has 1 aliphatic heterocycles. The van der Waals surface area contributed by atoms with E-state index in [0.717, 1.165) is 30.6 Å². The van der Waals surface area contributed by atoms with Crippen LogP contribution < -0.4 is 10.6 Å². The van der Waals surface area contributed by atoms with Gasteiger partial charge >= 0.3 is 0 Å². The Bertz CT molecular complexity index is 808. The average molecular weight is 409 g/mol. The SMILES string of the molecule is N=Cc1c(NC2CCSCC2)ncc(C(=O)Nc2ccc(Cl)cc2)c1Cl. The molecule has 26 heavy (non-hydrogen) atoms. The van der Waals surface area contributed by atoms with Gasteiger partial charge in [-0.05, 0) is 48.6 Å². The Hall–Kier alpha value is -1.76. The number of carbonyl (C=O) groups is 1. The highest BCUT2D eigenvalue weighted by Crippen LogP contribution is 2.28. The first kappa shape index (κ1) is 19.0. The molecule has 1 aromatic carbocycles. The largest absolute Gasteiger partial charge is 0.367 e. The molecule has 1 amide bonds. The van der Waals surface area contributed by atoms with Crippen LogP contribution in [0.25, 0.3) is 0 Å². The Morgan fingerprint density at radius 3 is 2.58 bits per heavy atom. The molecule has 1 aliphatic rings. The fraction of sp³-hybridized carbons (Fsp3) is 0.278. The maximum absolute atomic E-state index is 12.5. The number of nitrogens with one attached hydrogen (secondary N) is 3. The molecule has 0 radical (unpaired) electrons. The van der Waals surface area contributed by atoms with Crippen LogP contribution in [0.15, 0.2) is 30.5 Å². The second kappa shape index (κ2) is 8.75. The van der Waals surface area contributed by atoms with E-state index in [1.54, 1.807) is 24.3 Å². The molecule has 1 fully saturated rings. The van der Waals surface area contributed by atoms with Crippen LogP contribution in [0, 0.1) is 5.41 Å². The number of carbonyl (C=O) groups excluding carboxylic acids is 1. The number of anilines is 2. The fourth-order valence-corrected chi connectivity index (χ4v) is 4.19. The van der Waals surface area contributed by atoms with Crippen LogP contribution in [-0.4, -0.2) is 34.7 Å². The van der Waals surface area contributed by atoms with Crippen molar-refractivity contribution in [2.45, 2.75) is 18.9 Å². The Morgan fingerprint density at radius 1 is 1.23 bits per heavy atom. The van der Waals surface area contributed by atoms with E-state index in [2.05, 4.69) is 15.6 Å². The molecule has 1 aromatic heterocycles. The van der Waals surface area contributed by atoms with E-state index in [9.17, 15) is 4.79 Å². The number of pyridine rings is 1. The van der Waals surface area contributed by atoms with Crippen molar-refractivity contribution < 1.29 is 4.79 Å². The molecule has 136 valence electrons. The normalized spacial score (nSPS) is 14.7. The Labute approximate surface area is 166 Å². The standard InChI is InChI=1S/C18H18Cl2N4OS/c19-11-1-3-12(4-2-11)24-18(25)15-10-22-17(14(9-21)16(15)20)23-13-5-7-26-8-6-13/h1-4,9-10,13,21H,5-8H2,(H,22,23)(H,24,25). The smallest absolute Gasteiger partial charge is 0.258 e. The monoisotopic (exact) mass is 408 g/mol. The van der Waals surface area contributed by atoms with Crippen molar-refractivity contribution in [3.05, 3.63) is 51.6 Å². The molecule has 3 rings (SSSR count). The molecule has 0 bridgehead atoms. The second-order valence-electron chi connectivity index (χ2n) is 5.88. The maximum atomic E-state index is 12.5. The molecule has 0 unspecified atom stereocenters. The summed E-state index contributed by atoms with van der Waals surface area (Å²) < 4.78 is 0. The van der Waals surface area contributed by atoms with Gasteiger partial charge in [0.2, 0.25) is 0 Å². The summed E-state index contributed by atoms with van der Waals surface area (Å²) in [7, 11) is 0. The van der Waals surface area contributed by atoms with Crippen LogP contribution >= 0.6 is 35.0 Å². The number of nitrogens with zero attached hydrogens (tertiary/aromatic N) is 1. The molecule has 0 atom stereocenters. The highest BCUT2D eigenvalue weighted by molar-refractivity contribution is 7.99. The van der Waals surface area contributed by atoms with Crippen molar-refractivity contribution in [1.82, 2.24) is 4.98 Å². The Balaban J connectivity index is 1.80. The van der Waals surface area contributed by atoms with E-state index in [4.69, 9.17) is 28.6 Å². The lowest BCUT2D eigenvalue weighted by atomic mass is 10.1. The minimum Gasteiger partial charge on any atom is -0.367 e. The molecule has 8 heteroatoms. The Kier molecular flexibility index (Phi) is 6.40. The number of halogens is 2. The molecular weight excluding hydrogens is 391 g/mol. The minimum absolute atomic E-state index is 0.217. The summed E-state index contributed by atoms with van der Waals surface area (Å²) in [6, 6.07) is 7.10. The zero-order valence-corrected chi connectivity index (χ0v) is 16.2. The van der Waals surface area contributed by atoms with Gasteiger partial charge in [0, 0.05) is 29.2 Å². The number of aromatic nitrogens is 1. The maximum Gasteiger partial charge on any atom is 0.258 e. The number of rotatable bonds is 5. The van der Waals surface area contributed by atoms with Crippen molar-refractivity contribution in [2.24, 2.45) is 0 Å². The van der Waals surface area contributed by atoms with E-state index in [1.807, 2.05) is 11.8 Å². The predicted octanol–water partition coefficient (Wildman–Crippen LogP) is 4.95. The van der Waals surface area contributed by atoms with Gasteiger partial charge in [-0.15, -0.1) is 0 Å². The first-order valence-corrected chi connectivity index (χ1v) is 10.1. The molecular formula is C18H18Cl2N4OS. The van der Waals surface area contributed by atoms with Crippen molar-refractivity contribution >= 4 is 58.6 Å². The van der Waals surface area contributed by atoms with E-state index in [-0.39, 0.29) is 16.5 Å². The highest BCUT2D eigenvalue weighted by atomic mass is 35.5. The first-order chi connectivity index (χ1) is 12.6. The van der Waals surface area contributed by atoms with Gasteiger partial charge in [-0.2, -0.15) is 11.8 Å². The quantitative estimate of drug-likeness (QED) is 0.611. The number of thioether (sulfide) groups is 1. The van der Waals surface area contributed by atoms with E-state index in [0.29, 0.717) is 28.1 Å². The van der Waals surface area contributed by atoms with Gasteiger partial charge in [-0.1, -0.05) is 23.2 Å². The fourth-order valence-electron chi connectivity index (χ4n) is 2.68. The zero-order valence-electron chi connectivity index (χ0n) is 13.9. The highest BCUT2D eigenvalue weighted by Gasteiger charge is 2.20. The van der Waals surface area contributed by atoms with Crippen molar-refractivity contribution in [3.63, 3.8) is 0 Å². The van der Waals surface area contributed by atoms with Crippen LogP contribution in [0.4, 0.5) is 11.5 Å². The summed E-state index contributed by atoms with van der Waals surface area (Å²) in [6.07, 6.45) is 4.66. The molecule has 0 saturated carbocycles. The third-order valence-electron chi connectivity index (χ3n) is 4.10. The average Bonchev–Trinajstić information content (AvgIpc) is 2.65. The molecule has 2 aromatic rings. The van der Waals surface area contributed by atoms with Crippen molar-refractivity contribution in [3.8, 4) is 0 Å². The summed E-state index contributed by atoms with van der Waals surface area (Å²) in [6.45, 7) is 0. The Morgan fingerprint density at radius 2 is 1.92 bits per heavy atom. The molecule has 0 spiro atoms. The molecule has 3 N–H and O–H groups in total. The van der Waals surface area contributed by atoms with E-state index < -0.39 is 0 Å². The summed E-state index contributed by atoms with van der Waals surface area (Å²) in [5, 5.41) is 14.6. The van der Waals surface area contributed by atoms with Crippen LogP contribution in [0.3, 0.4) is 0 Å². The molecule has 2 heterocycles. The molecule has 0 aliphatic carbocycles. The van der Waals surface area contributed by atoms with Crippen LogP contribution in [0.5, 0.6) is 0 Å². The van der Waals surface area contributed by atoms with Crippen molar-refractivity contribution in [1.29, 1.82) is 5.41 Å². The summed E-state index contributed by atoms with van der Waals surface area (Å²) in [5.41, 5.74) is 1.26. The summed E-state index contributed by atoms with van der Waals surface area (Å²) in [5.74, 6) is 2.37. The third-order valence-corrected chi connectivity index (χ3v) is 5.81. The van der Waals surface area contributed by atoms with Crippen LogP contribution in [0.2, 0.25) is 10.0 Å². The van der Waals surface area contributed by atoms with Gasteiger partial charge in [-0.3, -0.25) is 4.79 Å². The van der Waals surface area contributed by atoms with Gasteiger partial charge in [0.1, 0.15) is 5.82 Å². The van der Waals surface area contributed by atoms with Crippen molar-refractivity contribution in [2.75, 3.05) is 22.1 Å². The number of amides is 1. The summed E-state index contributed by atoms with van der Waals surface area (Å²) in [4.78, 5) is 16.9. The molecule has 5 nitrogen and oxygen atoms in total. The topological polar surface area (TPSA) is 77.9 Å². The van der Waals surface area contributed by atoms with Crippen LogP contribution in [-0.2, 0) is 0 Å². The van der Waals surface area contributed by atoms with Gasteiger partial charge in [-0.25, -0.2) is 4.98 Å². The van der Waals surface area contributed by atoms with E-state index in [1.165, 1.54) is 6.20 Å². The summed E-state index contributed by atoms with van der Waals surface area (Å²) >= 11 is 14.2. The third kappa shape index (κ3) is 4.50. The van der Waals surface area contributed by atoms with Gasteiger partial charge in [0.15, 0.2) is 0 Å². The minimum atomic E-state index is -0.381. The number of hydrogen-bond donors (Lipinski definition) is 3. The van der Waals surface area contributed by atoms with Gasteiger partial charge in [0.25, 0.3) is 5.91 Å². The lowest BCUT2D eigenvalue weighted by Crippen LogP contribution is -2.26. The van der Waals surface area contributed by atoms with E-state index >= 15 is 0 Å². The second-order valence-corrected chi connectivity index (χ2v) is 7.92. The first-order valence-electron chi connectivity index (χ1n) is 8.18. The predicted molar refractivity (Wildman–Crippen MR) is 111 cm³/mol. The zero-order chi connectivity index (χ0) is 18.5. The van der Waals surface area contributed by atoms with Crippen LogP contribution in [0.1, 0.15) is 28.8 Å². The van der Waals surface area contributed by atoms with Gasteiger partial charge in [0.05, 0.1) is 16.1 Å². The lowest BCUT2D eigenvalue weighted by molar-refractivity contribution is 0.102. The molecule has 1 saturated heterocycles. The number of benzene rings is 1. The lowest BCUT2D eigenvalue weighted by Gasteiger charge is -2.24. The van der Waals surface area contributed by atoms with Gasteiger partial charge < -0.3 is 16.0 Å². The number of hydrogen-bond acceptors (Lipinski definition) is 5.